The summed E-state index contributed by atoms with van der Waals surface area (Å²) in [6.45, 7) is 4.32. The van der Waals surface area contributed by atoms with Crippen molar-refractivity contribution in [1.82, 2.24) is 10.0 Å². The van der Waals surface area contributed by atoms with Gasteiger partial charge in [-0.3, -0.25) is 9.59 Å². The van der Waals surface area contributed by atoms with Crippen LogP contribution in [0.15, 0.2) is 70.9 Å². The van der Waals surface area contributed by atoms with Crippen molar-refractivity contribution in [2.45, 2.75) is 38.3 Å². The number of benzene rings is 2. The van der Waals surface area contributed by atoms with Gasteiger partial charge in [-0.25, -0.2) is 13.1 Å². The van der Waals surface area contributed by atoms with E-state index in [2.05, 4.69) is 15.4 Å². The Kier molecular flexibility index (Phi) is 8.37. The normalized spacial score (nSPS) is 12.2. The maximum Gasteiger partial charge on any atom is 0.251 e. The van der Waals surface area contributed by atoms with E-state index >= 15 is 0 Å². The first-order chi connectivity index (χ1) is 15.8. The monoisotopic (exact) mass is 485 g/mol. The summed E-state index contributed by atoms with van der Waals surface area (Å²) in [5, 5.41) is 7.58. The number of thiophene rings is 1. The van der Waals surface area contributed by atoms with Crippen molar-refractivity contribution in [2.24, 2.45) is 5.92 Å². The SMILES string of the molecule is CCC(C)C(=O)Nc1cccc(CNC(=O)c2ccc(S(=O)(=O)NCc3cccs3)cc2)c1. The van der Waals surface area contributed by atoms with Crippen LogP contribution in [0.25, 0.3) is 0 Å². The van der Waals surface area contributed by atoms with Crippen molar-refractivity contribution in [3.8, 4) is 0 Å². The first-order valence-electron chi connectivity index (χ1n) is 10.6. The Morgan fingerprint density at radius 2 is 1.76 bits per heavy atom. The van der Waals surface area contributed by atoms with Gasteiger partial charge >= 0.3 is 0 Å². The van der Waals surface area contributed by atoms with Crippen LogP contribution in [0.5, 0.6) is 0 Å². The molecule has 0 saturated carbocycles. The molecule has 3 aromatic rings. The highest BCUT2D eigenvalue weighted by molar-refractivity contribution is 7.89. The summed E-state index contributed by atoms with van der Waals surface area (Å²) >= 11 is 1.47. The average molecular weight is 486 g/mol. The van der Waals surface area contributed by atoms with E-state index in [1.54, 1.807) is 6.07 Å². The van der Waals surface area contributed by atoms with Gasteiger partial charge < -0.3 is 10.6 Å². The molecule has 1 heterocycles. The maximum absolute atomic E-state index is 12.5. The number of carbonyl (C=O) groups excluding carboxylic acids is 2. The van der Waals surface area contributed by atoms with Gasteiger partial charge in [0.15, 0.2) is 0 Å². The lowest BCUT2D eigenvalue weighted by Crippen LogP contribution is -2.24. The third kappa shape index (κ3) is 6.98. The molecule has 0 aliphatic heterocycles. The summed E-state index contributed by atoms with van der Waals surface area (Å²) < 4.78 is 27.5. The lowest BCUT2D eigenvalue weighted by Gasteiger charge is -2.12. The molecule has 0 bridgehead atoms. The molecule has 2 amide bonds. The number of carbonyl (C=O) groups is 2. The molecule has 0 radical (unpaired) electrons. The topological polar surface area (TPSA) is 104 Å². The fourth-order valence-electron chi connectivity index (χ4n) is 2.94. The van der Waals surface area contributed by atoms with Crippen LogP contribution in [-0.2, 0) is 27.9 Å². The zero-order valence-corrected chi connectivity index (χ0v) is 20.1. The standard InChI is InChI=1S/C24H27N3O4S2/c1-3-17(2)23(28)27-20-7-4-6-18(14-20)15-25-24(29)19-9-11-22(12-10-19)33(30,31)26-16-21-8-5-13-32-21/h4-14,17,26H,3,15-16H2,1-2H3,(H,25,29)(H,27,28). The van der Waals surface area contributed by atoms with Crippen LogP contribution in [0, 0.1) is 5.92 Å². The Morgan fingerprint density at radius 1 is 1.00 bits per heavy atom. The smallest absolute Gasteiger partial charge is 0.251 e. The third-order valence-electron chi connectivity index (χ3n) is 5.15. The number of hydrogen-bond donors (Lipinski definition) is 3. The highest BCUT2D eigenvalue weighted by Gasteiger charge is 2.15. The van der Waals surface area contributed by atoms with E-state index in [0.717, 1.165) is 16.9 Å². The molecule has 1 unspecified atom stereocenters. The van der Waals surface area contributed by atoms with E-state index < -0.39 is 10.0 Å². The van der Waals surface area contributed by atoms with E-state index in [4.69, 9.17) is 0 Å². The van der Waals surface area contributed by atoms with Gasteiger partial charge in [-0.15, -0.1) is 11.3 Å². The second-order valence-corrected chi connectivity index (χ2v) is 10.4. The van der Waals surface area contributed by atoms with Crippen molar-refractivity contribution >= 4 is 38.9 Å². The minimum Gasteiger partial charge on any atom is -0.348 e. The predicted octanol–water partition coefficient (Wildman–Crippen LogP) is 4.14. The van der Waals surface area contributed by atoms with Crippen LogP contribution in [0.4, 0.5) is 5.69 Å². The van der Waals surface area contributed by atoms with Gasteiger partial charge in [-0.2, -0.15) is 0 Å². The van der Waals surface area contributed by atoms with Gasteiger partial charge in [0, 0.05) is 35.1 Å². The molecular formula is C24H27N3O4S2. The summed E-state index contributed by atoms with van der Waals surface area (Å²) in [5.41, 5.74) is 1.87. The highest BCUT2D eigenvalue weighted by Crippen LogP contribution is 2.15. The van der Waals surface area contributed by atoms with E-state index in [1.165, 1.54) is 35.6 Å². The maximum atomic E-state index is 12.5. The molecule has 174 valence electrons. The molecule has 1 atom stereocenters. The molecule has 1 aromatic heterocycles. The molecule has 7 nitrogen and oxygen atoms in total. The molecule has 2 aromatic carbocycles. The number of anilines is 1. The zero-order chi connectivity index (χ0) is 23.8. The van der Waals surface area contributed by atoms with Gasteiger partial charge in [0.1, 0.15) is 0 Å². The van der Waals surface area contributed by atoms with Crippen molar-refractivity contribution in [3.05, 3.63) is 82.0 Å². The zero-order valence-electron chi connectivity index (χ0n) is 18.5. The Morgan fingerprint density at radius 3 is 2.42 bits per heavy atom. The molecule has 0 spiro atoms. The summed E-state index contributed by atoms with van der Waals surface area (Å²) in [4.78, 5) is 25.6. The Hall–Kier alpha value is -3.01. The van der Waals surface area contributed by atoms with Crippen LogP contribution < -0.4 is 15.4 Å². The van der Waals surface area contributed by atoms with Gasteiger partial charge in [-0.05, 0) is 59.8 Å². The first-order valence-corrected chi connectivity index (χ1v) is 12.9. The second-order valence-electron chi connectivity index (χ2n) is 7.61. The second kappa shape index (κ2) is 11.2. The fraction of sp³-hybridized carbons (Fsp3) is 0.250. The lowest BCUT2D eigenvalue weighted by molar-refractivity contribution is -0.119. The average Bonchev–Trinajstić information content (AvgIpc) is 3.35. The molecular weight excluding hydrogens is 458 g/mol. The fourth-order valence-corrected chi connectivity index (χ4v) is 4.68. The first kappa shape index (κ1) is 24.6. The van der Waals surface area contributed by atoms with Crippen molar-refractivity contribution in [2.75, 3.05) is 5.32 Å². The van der Waals surface area contributed by atoms with Crippen LogP contribution in [-0.4, -0.2) is 20.2 Å². The molecule has 0 aliphatic rings. The molecule has 0 saturated heterocycles. The minimum absolute atomic E-state index is 0.0430. The number of amides is 2. The van der Waals surface area contributed by atoms with E-state index in [1.807, 2.05) is 49.6 Å². The van der Waals surface area contributed by atoms with Crippen LogP contribution in [0.1, 0.15) is 41.1 Å². The minimum atomic E-state index is -3.67. The number of rotatable bonds is 10. The molecule has 3 rings (SSSR count). The van der Waals surface area contributed by atoms with Crippen LogP contribution in [0.2, 0.25) is 0 Å². The predicted molar refractivity (Wildman–Crippen MR) is 130 cm³/mol. The van der Waals surface area contributed by atoms with Crippen LogP contribution in [0.3, 0.4) is 0 Å². The van der Waals surface area contributed by atoms with Crippen molar-refractivity contribution in [3.63, 3.8) is 0 Å². The number of hydrogen-bond acceptors (Lipinski definition) is 5. The summed E-state index contributed by atoms with van der Waals surface area (Å²) in [6, 6.07) is 16.8. The molecule has 33 heavy (non-hydrogen) atoms. The Bertz CT molecular complexity index is 1190. The molecule has 3 N–H and O–H groups in total. The van der Waals surface area contributed by atoms with Gasteiger partial charge in [0.2, 0.25) is 15.9 Å². The van der Waals surface area contributed by atoms with Crippen molar-refractivity contribution in [1.29, 1.82) is 0 Å². The van der Waals surface area contributed by atoms with Crippen molar-refractivity contribution < 1.29 is 18.0 Å². The number of nitrogens with one attached hydrogen (secondary N) is 3. The quantitative estimate of drug-likeness (QED) is 0.401. The summed E-state index contributed by atoms with van der Waals surface area (Å²) in [7, 11) is -3.67. The van der Waals surface area contributed by atoms with E-state index in [-0.39, 0.29) is 35.7 Å². The highest BCUT2D eigenvalue weighted by atomic mass is 32.2. The largest absolute Gasteiger partial charge is 0.348 e. The number of sulfonamides is 1. The Labute approximate surface area is 198 Å². The van der Waals surface area contributed by atoms with Gasteiger partial charge in [-0.1, -0.05) is 32.0 Å². The summed E-state index contributed by atoms with van der Waals surface area (Å²) in [6.07, 6.45) is 0.756. The van der Waals surface area contributed by atoms with E-state index in [0.29, 0.717) is 11.3 Å². The molecule has 9 heteroatoms. The van der Waals surface area contributed by atoms with Gasteiger partial charge in [0.05, 0.1) is 4.90 Å². The molecule has 0 fully saturated rings. The van der Waals surface area contributed by atoms with Gasteiger partial charge in [0.25, 0.3) is 5.91 Å². The molecule has 0 aliphatic carbocycles. The van der Waals surface area contributed by atoms with E-state index in [9.17, 15) is 18.0 Å². The third-order valence-corrected chi connectivity index (χ3v) is 7.44. The lowest BCUT2D eigenvalue weighted by atomic mass is 10.1. The Balaban J connectivity index is 1.56. The summed E-state index contributed by atoms with van der Waals surface area (Å²) in [5.74, 6) is -0.441. The van der Waals surface area contributed by atoms with Crippen LogP contribution >= 0.6 is 11.3 Å².